The molecule has 0 spiro atoms. The van der Waals surface area contributed by atoms with Crippen LogP contribution in [-0.2, 0) is 4.79 Å². The molecule has 0 saturated heterocycles. The maximum absolute atomic E-state index is 11.6. The maximum atomic E-state index is 11.6. The summed E-state index contributed by atoms with van der Waals surface area (Å²) in [5, 5.41) is 15.5. The summed E-state index contributed by atoms with van der Waals surface area (Å²) in [5.74, 6) is -0.0180. The number of carbonyl (C=O) groups excluding carboxylic acids is 1. The van der Waals surface area contributed by atoms with Gasteiger partial charge in [-0.2, -0.15) is 0 Å². The van der Waals surface area contributed by atoms with Gasteiger partial charge in [0, 0.05) is 6.04 Å². The zero-order valence-corrected chi connectivity index (χ0v) is 10.6. The van der Waals surface area contributed by atoms with Crippen molar-refractivity contribution in [3.8, 4) is 5.75 Å². The molecular weight excluding hydrogens is 216 g/mol. The van der Waals surface area contributed by atoms with E-state index in [4.69, 9.17) is 0 Å². The Hall–Kier alpha value is -1.55. The third-order valence-electron chi connectivity index (χ3n) is 2.74. The number of phenols is 1. The van der Waals surface area contributed by atoms with Crippen molar-refractivity contribution in [2.75, 3.05) is 11.9 Å². The second-order valence-corrected chi connectivity index (χ2v) is 4.21. The average Bonchev–Trinajstić information content (AvgIpc) is 2.32. The Kier molecular flexibility index (Phi) is 4.97. The Bertz CT molecular complexity index is 391. The van der Waals surface area contributed by atoms with Crippen molar-refractivity contribution in [1.29, 1.82) is 0 Å². The number of rotatable bonds is 5. The molecule has 0 aliphatic rings. The Labute approximate surface area is 102 Å². The van der Waals surface area contributed by atoms with Gasteiger partial charge in [-0.3, -0.25) is 4.79 Å². The first-order valence-electron chi connectivity index (χ1n) is 5.86. The van der Waals surface area contributed by atoms with Crippen LogP contribution in [0, 0.1) is 6.92 Å². The van der Waals surface area contributed by atoms with Crippen LogP contribution in [-0.4, -0.2) is 23.6 Å². The summed E-state index contributed by atoms with van der Waals surface area (Å²) < 4.78 is 0. The Morgan fingerprint density at radius 1 is 1.47 bits per heavy atom. The number of phenolic OH excluding ortho intramolecular Hbond substituents is 1. The van der Waals surface area contributed by atoms with E-state index in [0.717, 1.165) is 12.0 Å². The molecule has 3 N–H and O–H groups in total. The van der Waals surface area contributed by atoms with E-state index in [0.29, 0.717) is 11.7 Å². The van der Waals surface area contributed by atoms with Gasteiger partial charge in [0.25, 0.3) is 0 Å². The van der Waals surface area contributed by atoms with Crippen molar-refractivity contribution in [3.63, 3.8) is 0 Å². The zero-order valence-electron chi connectivity index (χ0n) is 10.6. The molecular formula is C13H20N2O2. The normalized spacial score (nSPS) is 12.2. The van der Waals surface area contributed by atoms with E-state index in [1.165, 1.54) is 0 Å². The van der Waals surface area contributed by atoms with Crippen molar-refractivity contribution >= 4 is 11.6 Å². The lowest BCUT2D eigenvalue weighted by atomic mass is 10.2. The summed E-state index contributed by atoms with van der Waals surface area (Å²) in [7, 11) is 0. The summed E-state index contributed by atoms with van der Waals surface area (Å²) in [6.07, 6.45) is 0.975. The molecule has 0 heterocycles. The average molecular weight is 236 g/mol. The quantitative estimate of drug-likeness (QED) is 0.685. The molecule has 1 rings (SSSR count). The SMILES string of the molecule is CCC(C)NCC(=O)Nc1cccc(C)c1O. The first-order valence-corrected chi connectivity index (χ1v) is 5.86. The summed E-state index contributed by atoms with van der Waals surface area (Å²) >= 11 is 0. The van der Waals surface area contributed by atoms with Gasteiger partial charge in [0.15, 0.2) is 0 Å². The fourth-order valence-electron chi connectivity index (χ4n) is 1.37. The van der Waals surface area contributed by atoms with Crippen molar-refractivity contribution in [1.82, 2.24) is 5.32 Å². The molecule has 4 heteroatoms. The zero-order chi connectivity index (χ0) is 12.8. The molecule has 0 aliphatic carbocycles. The van der Waals surface area contributed by atoms with E-state index >= 15 is 0 Å². The lowest BCUT2D eigenvalue weighted by molar-refractivity contribution is -0.115. The highest BCUT2D eigenvalue weighted by molar-refractivity contribution is 5.93. The number of anilines is 1. The highest BCUT2D eigenvalue weighted by atomic mass is 16.3. The molecule has 1 atom stereocenters. The largest absolute Gasteiger partial charge is 0.505 e. The standard InChI is InChI=1S/C13H20N2O2/c1-4-10(3)14-8-12(16)15-11-7-5-6-9(2)13(11)17/h5-7,10,14,17H,4,8H2,1-3H3,(H,15,16). The Morgan fingerprint density at radius 3 is 2.82 bits per heavy atom. The molecule has 0 bridgehead atoms. The maximum Gasteiger partial charge on any atom is 0.238 e. The van der Waals surface area contributed by atoms with Gasteiger partial charge in [-0.05, 0) is 31.9 Å². The second-order valence-electron chi connectivity index (χ2n) is 4.21. The molecule has 0 aromatic heterocycles. The number of nitrogens with one attached hydrogen (secondary N) is 2. The molecule has 94 valence electrons. The third-order valence-corrected chi connectivity index (χ3v) is 2.74. The predicted molar refractivity (Wildman–Crippen MR) is 69.2 cm³/mol. The number of aromatic hydroxyl groups is 1. The fraction of sp³-hybridized carbons (Fsp3) is 0.462. The molecule has 1 aromatic rings. The highest BCUT2D eigenvalue weighted by Crippen LogP contribution is 2.26. The highest BCUT2D eigenvalue weighted by Gasteiger charge is 2.08. The first-order chi connectivity index (χ1) is 8.04. The van der Waals surface area contributed by atoms with Crippen LogP contribution in [0.15, 0.2) is 18.2 Å². The van der Waals surface area contributed by atoms with E-state index < -0.39 is 0 Å². The number of carbonyl (C=O) groups is 1. The van der Waals surface area contributed by atoms with E-state index in [2.05, 4.69) is 17.6 Å². The molecule has 0 fully saturated rings. The molecule has 1 aromatic carbocycles. The molecule has 4 nitrogen and oxygen atoms in total. The number of para-hydroxylation sites is 1. The Morgan fingerprint density at radius 2 is 2.18 bits per heavy atom. The number of benzene rings is 1. The van der Waals surface area contributed by atoms with Gasteiger partial charge in [0.2, 0.25) is 5.91 Å². The van der Waals surface area contributed by atoms with Crippen LogP contribution in [0.1, 0.15) is 25.8 Å². The van der Waals surface area contributed by atoms with Crippen LogP contribution >= 0.6 is 0 Å². The van der Waals surface area contributed by atoms with E-state index in [1.807, 2.05) is 6.92 Å². The molecule has 17 heavy (non-hydrogen) atoms. The number of hydrogen-bond donors (Lipinski definition) is 3. The lowest BCUT2D eigenvalue weighted by Crippen LogP contribution is -2.33. The van der Waals surface area contributed by atoms with Crippen LogP contribution in [0.25, 0.3) is 0 Å². The molecule has 0 radical (unpaired) electrons. The van der Waals surface area contributed by atoms with Crippen molar-refractivity contribution < 1.29 is 9.90 Å². The van der Waals surface area contributed by atoms with Crippen molar-refractivity contribution in [3.05, 3.63) is 23.8 Å². The molecule has 1 unspecified atom stereocenters. The van der Waals surface area contributed by atoms with Crippen molar-refractivity contribution in [2.45, 2.75) is 33.2 Å². The first kappa shape index (κ1) is 13.5. The Balaban J connectivity index is 2.54. The number of hydrogen-bond acceptors (Lipinski definition) is 3. The van der Waals surface area contributed by atoms with Gasteiger partial charge in [-0.1, -0.05) is 19.1 Å². The van der Waals surface area contributed by atoms with Gasteiger partial charge in [0.05, 0.1) is 12.2 Å². The van der Waals surface area contributed by atoms with Crippen LogP contribution in [0.4, 0.5) is 5.69 Å². The third kappa shape index (κ3) is 4.07. The topological polar surface area (TPSA) is 61.4 Å². The van der Waals surface area contributed by atoms with Gasteiger partial charge >= 0.3 is 0 Å². The van der Waals surface area contributed by atoms with Crippen LogP contribution in [0.2, 0.25) is 0 Å². The molecule has 0 aliphatic heterocycles. The minimum Gasteiger partial charge on any atom is -0.505 e. The van der Waals surface area contributed by atoms with E-state index in [9.17, 15) is 9.90 Å². The van der Waals surface area contributed by atoms with Gasteiger partial charge in [-0.25, -0.2) is 0 Å². The van der Waals surface area contributed by atoms with Gasteiger partial charge in [0.1, 0.15) is 5.75 Å². The van der Waals surface area contributed by atoms with E-state index in [-0.39, 0.29) is 18.2 Å². The summed E-state index contributed by atoms with van der Waals surface area (Å²) in [4.78, 5) is 11.6. The van der Waals surface area contributed by atoms with Crippen LogP contribution in [0.5, 0.6) is 5.75 Å². The number of amides is 1. The summed E-state index contributed by atoms with van der Waals surface area (Å²) in [5.41, 5.74) is 1.21. The van der Waals surface area contributed by atoms with Gasteiger partial charge < -0.3 is 15.7 Å². The summed E-state index contributed by atoms with van der Waals surface area (Å²) in [6, 6.07) is 5.59. The lowest BCUT2D eigenvalue weighted by Gasteiger charge is -2.12. The predicted octanol–water partition coefficient (Wildman–Crippen LogP) is 2.03. The fourth-order valence-corrected chi connectivity index (χ4v) is 1.37. The number of aryl methyl sites for hydroxylation is 1. The van der Waals surface area contributed by atoms with Gasteiger partial charge in [-0.15, -0.1) is 0 Å². The molecule has 0 saturated carbocycles. The smallest absolute Gasteiger partial charge is 0.238 e. The summed E-state index contributed by atoms with van der Waals surface area (Å²) in [6.45, 7) is 6.13. The monoisotopic (exact) mass is 236 g/mol. The minimum absolute atomic E-state index is 0.129. The van der Waals surface area contributed by atoms with Crippen LogP contribution < -0.4 is 10.6 Å². The minimum atomic E-state index is -0.147. The van der Waals surface area contributed by atoms with Crippen LogP contribution in [0.3, 0.4) is 0 Å². The molecule has 1 amide bonds. The second kappa shape index (κ2) is 6.25. The van der Waals surface area contributed by atoms with E-state index in [1.54, 1.807) is 25.1 Å². The van der Waals surface area contributed by atoms with Crippen molar-refractivity contribution in [2.24, 2.45) is 0 Å².